The first-order valence-corrected chi connectivity index (χ1v) is 6.56. The molecule has 0 atom stereocenters. The lowest BCUT2D eigenvalue weighted by Gasteiger charge is -2.32. The lowest BCUT2D eigenvalue weighted by molar-refractivity contribution is -0.566. The van der Waals surface area contributed by atoms with Crippen molar-refractivity contribution >= 4 is 0 Å². The molecule has 0 rings (SSSR count). The van der Waals surface area contributed by atoms with Gasteiger partial charge in [-0.15, -0.1) is 0 Å². The molecule has 18 heavy (non-hydrogen) atoms. The molecule has 0 aliphatic carbocycles. The fourth-order valence-corrected chi connectivity index (χ4v) is 1.43. The van der Waals surface area contributed by atoms with Gasteiger partial charge in [0.05, 0.1) is 13.1 Å². The zero-order valence-corrected chi connectivity index (χ0v) is 12.9. The summed E-state index contributed by atoms with van der Waals surface area (Å²) >= 11 is 0. The smallest absolute Gasteiger partial charge is 0.246 e. The molecular formula is C13H29N3O2. The largest absolute Gasteiger partial charge is 0.305 e. The quantitative estimate of drug-likeness (QED) is 0.567. The third-order valence-corrected chi connectivity index (χ3v) is 2.94. The highest BCUT2D eigenvalue weighted by Crippen LogP contribution is 2.16. The van der Waals surface area contributed by atoms with Crippen molar-refractivity contribution in [1.82, 2.24) is 10.6 Å². The molecule has 2 N–H and O–H groups in total. The number of rotatable bonds is 6. The summed E-state index contributed by atoms with van der Waals surface area (Å²) in [5, 5.41) is 17.9. The minimum Gasteiger partial charge on any atom is -0.305 e. The maximum absolute atomic E-state index is 11.4. The molecule has 0 aliphatic rings. The molecule has 0 aromatic heterocycles. The van der Waals surface area contributed by atoms with Crippen LogP contribution >= 0.6 is 0 Å². The molecule has 0 aromatic rings. The van der Waals surface area contributed by atoms with E-state index in [0.717, 1.165) is 0 Å². The second-order valence-electron chi connectivity index (χ2n) is 7.04. The van der Waals surface area contributed by atoms with Crippen LogP contribution in [-0.2, 0) is 0 Å². The number of hydrogen-bond donors (Lipinski definition) is 2. The molecule has 0 saturated carbocycles. The first kappa shape index (κ1) is 17.3. The zero-order valence-electron chi connectivity index (χ0n) is 12.9. The summed E-state index contributed by atoms with van der Waals surface area (Å²) in [4.78, 5) is 11.3. The van der Waals surface area contributed by atoms with Gasteiger partial charge in [-0.05, 0) is 41.5 Å². The second kappa shape index (κ2) is 5.97. The van der Waals surface area contributed by atoms with Crippen LogP contribution in [0.25, 0.3) is 0 Å². The Kier molecular flexibility index (Phi) is 5.75. The average molecular weight is 259 g/mol. The lowest BCUT2D eigenvalue weighted by Crippen LogP contribution is -2.58. The first-order chi connectivity index (χ1) is 7.92. The van der Waals surface area contributed by atoms with Gasteiger partial charge in [-0.2, -0.15) is 0 Å². The van der Waals surface area contributed by atoms with Gasteiger partial charge < -0.3 is 10.6 Å². The van der Waals surface area contributed by atoms with Crippen molar-refractivity contribution in [3.8, 4) is 0 Å². The third-order valence-electron chi connectivity index (χ3n) is 2.94. The van der Waals surface area contributed by atoms with Gasteiger partial charge in [0.25, 0.3) is 0 Å². The number of nitro groups is 1. The van der Waals surface area contributed by atoms with Crippen LogP contribution in [0.4, 0.5) is 0 Å². The molecule has 5 nitrogen and oxygen atoms in total. The molecular weight excluding hydrogens is 230 g/mol. The first-order valence-electron chi connectivity index (χ1n) is 6.56. The van der Waals surface area contributed by atoms with E-state index in [-0.39, 0.29) is 16.0 Å². The zero-order chi connectivity index (χ0) is 14.6. The topological polar surface area (TPSA) is 67.2 Å². The Morgan fingerprint density at radius 2 is 1.28 bits per heavy atom. The molecule has 5 heteroatoms. The molecule has 0 heterocycles. The maximum Gasteiger partial charge on any atom is 0.246 e. The van der Waals surface area contributed by atoms with E-state index < -0.39 is 5.54 Å². The van der Waals surface area contributed by atoms with Gasteiger partial charge in [-0.25, -0.2) is 0 Å². The van der Waals surface area contributed by atoms with Gasteiger partial charge in [-0.3, -0.25) is 10.1 Å². The van der Waals surface area contributed by atoms with Crippen LogP contribution in [0.5, 0.6) is 0 Å². The summed E-state index contributed by atoms with van der Waals surface area (Å²) in [6, 6.07) is 0. The van der Waals surface area contributed by atoms with Crippen molar-refractivity contribution < 1.29 is 4.92 Å². The SMILES string of the molecule is CCC(CNC(C)(C)C)(CNC(C)(C)C)[N+](=O)[O-]. The minimum absolute atomic E-state index is 0.113. The highest BCUT2D eigenvalue weighted by atomic mass is 16.6. The monoisotopic (exact) mass is 259 g/mol. The number of hydrogen-bond acceptors (Lipinski definition) is 4. The van der Waals surface area contributed by atoms with E-state index in [0.29, 0.717) is 19.5 Å². The number of nitrogens with one attached hydrogen (secondary N) is 2. The van der Waals surface area contributed by atoms with Gasteiger partial charge in [0.1, 0.15) is 0 Å². The van der Waals surface area contributed by atoms with E-state index in [1.165, 1.54) is 0 Å². The van der Waals surface area contributed by atoms with E-state index in [1.54, 1.807) is 0 Å². The van der Waals surface area contributed by atoms with Gasteiger partial charge in [-0.1, -0.05) is 6.92 Å². The molecule has 0 aliphatic heterocycles. The Balaban J connectivity index is 4.78. The van der Waals surface area contributed by atoms with Crippen LogP contribution < -0.4 is 10.6 Å². The van der Waals surface area contributed by atoms with Gasteiger partial charge in [0.2, 0.25) is 5.54 Å². The molecule has 0 saturated heterocycles. The van der Waals surface area contributed by atoms with Crippen molar-refractivity contribution in [3.05, 3.63) is 10.1 Å². The van der Waals surface area contributed by atoms with Crippen LogP contribution in [0.3, 0.4) is 0 Å². The molecule has 108 valence electrons. The predicted molar refractivity (Wildman–Crippen MR) is 75.5 cm³/mol. The van der Waals surface area contributed by atoms with Crippen molar-refractivity contribution in [3.63, 3.8) is 0 Å². The highest BCUT2D eigenvalue weighted by molar-refractivity contribution is 4.88. The Hall–Kier alpha value is -0.680. The number of nitrogens with zero attached hydrogens (tertiary/aromatic N) is 1. The van der Waals surface area contributed by atoms with Crippen molar-refractivity contribution in [2.45, 2.75) is 71.5 Å². The molecule has 0 amide bonds. The third kappa shape index (κ3) is 6.31. The second-order valence-corrected chi connectivity index (χ2v) is 7.04. The molecule has 0 fully saturated rings. The van der Waals surface area contributed by atoms with Crippen LogP contribution in [-0.4, -0.2) is 34.6 Å². The summed E-state index contributed by atoms with van der Waals surface area (Å²) in [6.45, 7) is 14.7. The van der Waals surface area contributed by atoms with Crippen molar-refractivity contribution in [2.75, 3.05) is 13.1 Å². The summed E-state index contributed by atoms with van der Waals surface area (Å²) in [5.74, 6) is 0. The molecule has 0 bridgehead atoms. The lowest BCUT2D eigenvalue weighted by atomic mass is 9.93. The summed E-state index contributed by atoms with van der Waals surface area (Å²) in [7, 11) is 0. The molecule has 0 aromatic carbocycles. The van der Waals surface area contributed by atoms with E-state index >= 15 is 0 Å². The minimum atomic E-state index is -0.944. The summed E-state index contributed by atoms with van der Waals surface area (Å²) in [6.07, 6.45) is 0.506. The van der Waals surface area contributed by atoms with Gasteiger partial charge >= 0.3 is 0 Å². The van der Waals surface area contributed by atoms with E-state index in [1.807, 2.05) is 48.5 Å². The molecule has 0 unspecified atom stereocenters. The van der Waals surface area contributed by atoms with Crippen LogP contribution in [0.15, 0.2) is 0 Å². The Morgan fingerprint density at radius 1 is 0.944 bits per heavy atom. The van der Waals surface area contributed by atoms with Crippen LogP contribution in [0, 0.1) is 10.1 Å². The Morgan fingerprint density at radius 3 is 1.44 bits per heavy atom. The summed E-state index contributed by atoms with van der Waals surface area (Å²) in [5.41, 5.74) is -1.17. The fourth-order valence-electron chi connectivity index (χ4n) is 1.43. The van der Waals surface area contributed by atoms with Crippen molar-refractivity contribution in [2.24, 2.45) is 0 Å². The summed E-state index contributed by atoms with van der Waals surface area (Å²) < 4.78 is 0. The van der Waals surface area contributed by atoms with E-state index in [2.05, 4.69) is 10.6 Å². The molecule has 0 spiro atoms. The van der Waals surface area contributed by atoms with Crippen molar-refractivity contribution in [1.29, 1.82) is 0 Å². The van der Waals surface area contributed by atoms with E-state index in [4.69, 9.17) is 0 Å². The van der Waals surface area contributed by atoms with E-state index in [9.17, 15) is 10.1 Å². The standard InChI is InChI=1S/C13H29N3O2/c1-8-13(16(17)18,9-14-11(2,3)4)10-15-12(5,6)7/h14-15H,8-10H2,1-7H3. The van der Waals surface area contributed by atoms with Gasteiger partial charge in [0, 0.05) is 22.4 Å². The normalized spacial score (nSPS) is 13.7. The van der Waals surface area contributed by atoms with Crippen LogP contribution in [0.2, 0.25) is 0 Å². The Bertz CT molecular complexity index is 259. The average Bonchev–Trinajstić information content (AvgIpc) is 2.15. The predicted octanol–water partition coefficient (Wildman–Crippen LogP) is 2.19. The molecule has 0 radical (unpaired) electrons. The maximum atomic E-state index is 11.4. The van der Waals surface area contributed by atoms with Crippen LogP contribution in [0.1, 0.15) is 54.9 Å². The van der Waals surface area contributed by atoms with Gasteiger partial charge in [0.15, 0.2) is 0 Å². The Labute approximate surface area is 111 Å². The fraction of sp³-hybridized carbons (Fsp3) is 1.00. The highest BCUT2D eigenvalue weighted by Gasteiger charge is 2.42.